The van der Waals surface area contributed by atoms with Crippen molar-refractivity contribution < 1.29 is 18.8 Å². The highest BCUT2D eigenvalue weighted by Gasteiger charge is 2.34. The number of hydrogen-bond acceptors (Lipinski definition) is 6. The molecule has 0 saturated carbocycles. The summed E-state index contributed by atoms with van der Waals surface area (Å²) in [6.45, 7) is 6.20. The lowest BCUT2D eigenvalue weighted by atomic mass is 10.1. The fraction of sp³-hybridized carbons (Fsp3) is 0.375. The molecule has 7 nitrogen and oxygen atoms in total. The first kappa shape index (κ1) is 22.1. The monoisotopic (exact) mass is 455 g/mol. The standard InChI is InChI=1S/C24H26ClN3O4/c1-3-30-20-10-9-16(13-21(20)31-4-2)11-12-28-15-17(14-22(28)29)24-26-23(27-32-24)18-7-5-6-8-19(18)25/h5-10,13,17H,3-4,11-12,14-15H2,1-2H3. The average molecular weight is 456 g/mol. The number of ether oxygens (including phenoxy) is 2. The molecule has 3 aromatic rings. The van der Waals surface area contributed by atoms with E-state index in [1.54, 1.807) is 6.07 Å². The first-order valence-electron chi connectivity index (χ1n) is 10.8. The Morgan fingerprint density at radius 3 is 2.69 bits per heavy atom. The molecule has 0 bridgehead atoms. The maximum atomic E-state index is 12.6. The van der Waals surface area contributed by atoms with Crippen molar-refractivity contribution in [1.82, 2.24) is 15.0 Å². The number of halogens is 1. The van der Waals surface area contributed by atoms with Crippen LogP contribution in [-0.2, 0) is 11.2 Å². The molecule has 168 valence electrons. The lowest BCUT2D eigenvalue weighted by molar-refractivity contribution is -0.127. The molecular weight excluding hydrogens is 430 g/mol. The van der Waals surface area contributed by atoms with Gasteiger partial charge in [-0.3, -0.25) is 4.79 Å². The first-order chi connectivity index (χ1) is 15.6. The zero-order valence-corrected chi connectivity index (χ0v) is 19.0. The van der Waals surface area contributed by atoms with Gasteiger partial charge in [0.05, 0.1) is 24.2 Å². The summed E-state index contributed by atoms with van der Waals surface area (Å²) in [4.78, 5) is 18.9. The maximum absolute atomic E-state index is 12.6. The van der Waals surface area contributed by atoms with Crippen LogP contribution in [0.5, 0.6) is 11.5 Å². The van der Waals surface area contributed by atoms with E-state index in [2.05, 4.69) is 10.1 Å². The van der Waals surface area contributed by atoms with E-state index < -0.39 is 0 Å². The Balaban J connectivity index is 1.40. The van der Waals surface area contributed by atoms with Crippen LogP contribution in [0.1, 0.15) is 37.6 Å². The van der Waals surface area contributed by atoms with Gasteiger partial charge in [-0.1, -0.05) is 35.0 Å². The third-order valence-corrected chi connectivity index (χ3v) is 5.73. The largest absolute Gasteiger partial charge is 0.490 e. The van der Waals surface area contributed by atoms with Gasteiger partial charge in [0.1, 0.15) is 0 Å². The number of rotatable bonds is 9. The predicted octanol–water partition coefficient (Wildman–Crippen LogP) is 4.75. The Labute approximate surface area is 192 Å². The number of likely N-dealkylation sites (tertiary alicyclic amines) is 1. The molecule has 1 atom stereocenters. The van der Waals surface area contributed by atoms with E-state index in [1.807, 2.05) is 55.1 Å². The Morgan fingerprint density at radius 1 is 1.12 bits per heavy atom. The van der Waals surface area contributed by atoms with Crippen molar-refractivity contribution in [3.8, 4) is 22.9 Å². The van der Waals surface area contributed by atoms with Crippen LogP contribution in [0.2, 0.25) is 5.02 Å². The van der Waals surface area contributed by atoms with Crippen molar-refractivity contribution in [2.45, 2.75) is 32.6 Å². The van der Waals surface area contributed by atoms with Gasteiger partial charge in [-0.15, -0.1) is 0 Å². The van der Waals surface area contributed by atoms with E-state index in [0.717, 1.165) is 23.5 Å². The number of nitrogens with zero attached hydrogens (tertiary/aromatic N) is 3. The van der Waals surface area contributed by atoms with Crippen molar-refractivity contribution in [1.29, 1.82) is 0 Å². The second-order valence-corrected chi connectivity index (χ2v) is 7.98. The van der Waals surface area contributed by atoms with Gasteiger partial charge in [0.15, 0.2) is 11.5 Å². The molecule has 1 saturated heterocycles. The Morgan fingerprint density at radius 2 is 1.91 bits per heavy atom. The molecule has 1 aliphatic rings. The zero-order chi connectivity index (χ0) is 22.5. The molecule has 1 aromatic heterocycles. The Bertz CT molecular complexity index is 1080. The summed E-state index contributed by atoms with van der Waals surface area (Å²) in [5, 5.41) is 4.62. The van der Waals surface area contributed by atoms with Crippen molar-refractivity contribution >= 4 is 17.5 Å². The van der Waals surface area contributed by atoms with Crippen LogP contribution in [0.3, 0.4) is 0 Å². The SMILES string of the molecule is CCOc1ccc(CCN2CC(c3nc(-c4ccccc4Cl)no3)CC2=O)cc1OCC. The molecule has 0 spiro atoms. The molecule has 2 heterocycles. The lowest BCUT2D eigenvalue weighted by Gasteiger charge is -2.17. The lowest BCUT2D eigenvalue weighted by Crippen LogP contribution is -2.27. The van der Waals surface area contributed by atoms with Crippen molar-refractivity contribution in [2.75, 3.05) is 26.3 Å². The van der Waals surface area contributed by atoms with Gasteiger partial charge in [0.2, 0.25) is 17.6 Å². The summed E-state index contributed by atoms with van der Waals surface area (Å²) in [7, 11) is 0. The van der Waals surface area contributed by atoms with Crippen LogP contribution < -0.4 is 9.47 Å². The first-order valence-corrected chi connectivity index (χ1v) is 11.2. The van der Waals surface area contributed by atoms with Crippen LogP contribution in [0, 0.1) is 0 Å². The highest BCUT2D eigenvalue weighted by atomic mass is 35.5. The normalized spacial score (nSPS) is 15.9. The fourth-order valence-electron chi connectivity index (χ4n) is 3.82. The quantitative estimate of drug-likeness (QED) is 0.463. The van der Waals surface area contributed by atoms with Crippen molar-refractivity contribution in [2.24, 2.45) is 0 Å². The minimum absolute atomic E-state index is 0.0865. The van der Waals surface area contributed by atoms with Gasteiger partial charge in [-0.05, 0) is 50.1 Å². The minimum Gasteiger partial charge on any atom is -0.490 e. The zero-order valence-electron chi connectivity index (χ0n) is 18.2. The minimum atomic E-state index is -0.120. The van der Waals surface area contributed by atoms with Crippen molar-refractivity contribution in [3.05, 3.63) is 58.9 Å². The number of carbonyl (C=O) groups is 1. The van der Waals surface area contributed by atoms with Crippen molar-refractivity contribution in [3.63, 3.8) is 0 Å². The second-order valence-electron chi connectivity index (χ2n) is 7.57. The molecule has 4 rings (SSSR count). The Hall–Kier alpha value is -3.06. The van der Waals surface area contributed by atoms with E-state index >= 15 is 0 Å². The molecule has 0 N–H and O–H groups in total. The van der Waals surface area contributed by atoms with Gasteiger partial charge >= 0.3 is 0 Å². The average Bonchev–Trinajstić information content (AvgIpc) is 3.41. The third kappa shape index (κ3) is 4.88. The van der Waals surface area contributed by atoms with Gasteiger partial charge in [-0.2, -0.15) is 4.98 Å². The number of amides is 1. The molecule has 1 unspecified atom stereocenters. The van der Waals surface area contributed by atoms with E-state index in [0.29, 0.717) is 55.0 Å². The topological polar surface area (TPSA) is 77.7 Å². The summed E-state index contributed by atoms with van der Waals surface area (Å²) >= 11 is 6.23. The summed E-state index contributed by atoms with van der Waals surface area (Å²) < 4.78 is 16.8. The molecule has 2 aromatic carbocycles. The highest BCUT2D eigenvalue weighted by Crippen LogP contribution is 2.32. The summed E-state index contributed by atoms with van der Waals surface area (Å²) in [5.41, 5.74) is 1.80. The van der Waals surface area contributed by atoms with E-state index in [1.165, 1.54) is 0 Å². The van der Waals surface area contributed by atoms with E-state index in [9.17, 15) is 4.79 Å². The summed E-state index contributed by atoms with van der Waals surface area (Å²) in [6.07, 6.45) is 1.08. The van der Waals surface area contributed by atoms with Crippen LogP contribution >= 0.6 is 11.6 Å². The molecular formula is C24H26ClN3O4. The van der Waals surface area contributed by atoms with Crippen LogP contribution in [0.15, 0.2) is 47.0 Å². The van der Waals surface area contributed by atoms with Gasteiger partial charge < -0.3 is 18.9 Å². The van der Waals surface area contributed by atoms with E-state index in [4.69, 9.17) is 25.6 Å². The van der Waals surface area contributed by atoms with Crippen LogP contribution in [0.4, 0.5) is 0 Å². The van der Waals surface area contributed by atoms with Gasteiger partial charge in [-0.25, -0.2) is 0 Å². The molecule has 8 heteroatoms. The molecule has 0 aliphatic carbocycles. The maximum Gasteiger partial charge on any atom is 0.232 e. The predicted molar refractivity (Wildman–Crippen MR) is 121 cm³/mol. The Kier molecular flexibility index (Phi) is 6.95. The highest BCUT2D eigenvalue weighted by molar-refractivity contribution is 6.33. The number of benzene rings is 2. The summed E-state index contributed by atoms with van der Waals surface area (Å²) in [6, 6.07) is 13.3. The van der Waals surface area contributed by atoms with E-state index in [-0.39, 0.29) is 11.8 Å². The molecule has 0 radical (unpaired) electrons. The molecule has 1 aliphatic heterocycles. The van der Waals surface area contributed by atoms with Crippen LogP contribution in [0.25, 0.3) is 11.4 Å². The molecule has 1 amide bonds. The summed E-state index contributed by atoms with van der Waals surface area (Å²) in [5.74, 6) is 2.34. The van der Waals surface area contributed by atoms with Crippen LogP contribution in [-0.4, -0.2) is 47.3 Å². The third-order valence-electron chi connectivity index (χ3n) is 5.40. The fourth-order valence-corrected chi connectivity index (χ4v) is 4.04. The molecule has 32 heavy (non-hydrogen) atoms. The number of hydrogen-bond donors (Lipinski definition) is 0. The molecule has 1 fully saturated rings. The number of carbonyl (C=O) groups excluding carboxylic acids is 1. The number of aromatic nitrogens is 2. The second kappa shape index (κ2) is 10.0. The van der Waals surface area contributed by atoms with Gasteiger partial charge in [0, 0.05) is 25.1 Å². The smallest absolute Gasteiger partial charge is 0.232 e. The van der Waals surface area contributed by atoms with Gasteiger partial charge in [0.25, 0.3) is 0 Å².